The molecule has 6 heteroatoms. The van der Waals surface area contributed by atoms with Gasteiger partial charge in [-0.05, 0) is 37.1 Å². The van der Waals surface area contributed by atoms with E-state index in [0.29, 0.717) is 5.69 Å². The standard InChI is InChI=1S/C17H17N3O3/c1-12-10-13-4-2-3-5-16(13)19(12)17(21)11-18-14-6-8-15(9-7-14)20(22)23/h2-9,12,18H,10-11H2,1H3/t12-/m1/s1. The van der Waals surface area contributed by atoms with Crippen molar-refractivity contribution in [2.24, 2.45) is 0 Å². The Labute approximate surface area is 133 Å². The lowest BCUT2D eigenvalue weighted by Crippen LogP contribution is -2.39. The summed E-state index contributed by atoms with van der Waals surface area (Å²) in [6.45, 7) is 2.18. The van der Waals surface area contributed by atoms with Crippen LogP contribution in [0.3, 0.4) is 0 Å². The molecule has 6 nitrogen and oxygen atoms in total. The van der Waals surface area contributed by atoms with E-state index in [1.165, 1.54) is 17.7 Å². The number of non-ortho nitro benzene ring substituents is 1. The van der Waals surface area contributed by atoms with E-state index in [1.807, 2.05) is 36.1 Å². The Bertz CT molecular complexity index is 743. The highest BCUT2D eigenvalue weighted by Gasteiger charge is 2.30. The summed E-state index contributed by atoms with van der Waals surface area (Å²) in [5.41, 5.74) is 2.87. The first-order valence-electron chi connectivity index (χ1n) is 7.44. The highest BCUT2D eigenvalue weighted by Crippen LogP contribution is 2.31. The first-order valence-corrected chi connectivity index (χ1v) is 7.44. The molecular formula is C17H17N3O3. The lowest BCUT2D eigenvalue weighted by Gasteiger charge is -2.23. The molecule has 1 aliphatic heterocycles. The highest BCUT2D eigenvalue weighted by molar-refractivity contribution is 5.98. The number of rotatable bonds is 4. The number of hydrogen-bond acceptors (Lipinski definition) is 4. The van der Waals surface area contributed by atoms with Gasteiger partial charge in [-0.3, -0.25) is 14.9 Å². The average Bonchev–Trinajstić information content (AvgIpc) is 2.88. The van der Waals surface area contributed by atoms with Crippen molar-refractivity contribution in [2.75, 3.05) is 16.8 Å². The molecule has 1 aliphatic rings. The van der Waals surface area contributed by atoms with Crippen molar-refractivity contribution in [3.05, 3.63) is 64.2 Å². The Kier molecular flexibility index (Phi) is 3.97. The number of nitro benzene ring substituents is 1. The molecule has 2 aromatic rings. The minimum Gasteiger partial charge on any atom is -0.376 e. The first kappa shape index (κ1) is 15.0. The molecule has 1 heterocycles. The van der Waals surface area contributed by atoms with Crippen LogP contribution >= 0.6 is 0 Å². The SMILES string of the molecule is C[C@@H]1Cc2ccccc2N1C(=O)CNc1ccc([N+](=O)[O-])cc1. The number of hydrogen-bond donors (Lipinski definition) is 1. The fraction of sp³-hybridized carbons (Fsp3) is 0.235. The van der Waals surface area contributed by atoms with Crippen molar-refractivity contribution in [3.63, 3.8) is 0 Å². The molecule has 1 amide bonds. The molecule has 0 bridgehead atoms. The molecule has 23 heavy (non-hydrogen) atoms. The van der Waals surface area contributed by atoms with Gasteiger partial charge in [0.2, 0.25) is 5.91 Å². The number of anilines is 2. The van der Waals surface area contributed by atoms with Gasteiger partial charge in [-0.25, -0.2) is 0 Å². The number of nitro groups is 1. The van der Waals surface area contributed by atoms with Crippen molar-refractivity contribution >= 4 is 23.0 Å². The largest absolute Gasteiger partial charge is 0.376 e. The Morgan fingerprint density at radius 3 is 2.65 bits per heavy atom. The van der Waals surface area contributed by atoms with Gasteiger partial charge in [0.1, 0.15) is 0 Å². The van der Waals surface area contributed by atoms with Crippen LogP contribution in [0.4, 0.5) is 17.1 Å². The van der Waals surface area contributed by atoms with E-state index in [4.69, 9.17) is 0 Å². The van der Waals surface area contributed by atoms with Crippen LogP contribution in [0.25, 0.3) is 0 Å². The number of benzene rings is 2. The van der Waals surface area contributed by atoms with Gasteiger partial charge < -0.3 is 10.2 Å². The van der Waals surface area contributed by atoms with Gasteiger partial charge in [0.15, 0.2) is 0 Å². The van der Waals surface area contributed by atoms with Crippen molar-refractivity contribution < 1.29 is 9.72 Å². The van der Waals surface area contributed by atoms with E-state index in [-0.39, 0.29) is 24.2 Å². The van der Waals surface area contributed by atoms with Gasteiger partial charge in [0.05, 0.1) is 11.5 Å². The van der Waals surface area contributed by atoms with Crippen molar-refractivity contribution in [3.8, 4) is 0 Å². The Morgan fingerprint density at radius 1 is 1.26 bits per heavy atom. The summed E-state index contributed by atoms with van der Waals surface area (Å²) in [4.78, 5) is 24.5. The third kappa shape index (κ3) is 3.01. The zero-order chi connectivity index (χ0) is 16.4. The summed E-state index contributed by atoms with van der Waals surface area (Å²) < 4.78 is 0. The molecule has 0 saturated carbocycles. The molecule has 0 fully saturated rings. The maximum Gasteiger partial charge on any atom is 0.269 e. The van der Waals surface area contributed by atoms with Crippen LogP contribution < -0.4 is 10.2 Å². The second-order valence-electron chi connectivity index (χ2n) is 5.60. The molecule has 0 aliphatic carbocycles. The summed E-state index contributed by atoms with van der Waals surface area (Å²) in [7, 11) is 0. The summed E-state index contributed by atoms with van der Waals surface area (Å²) in [5.74, 6) is -0.0131. The van der Waals surface area contributed by atoms with Crippen molar-refractivity contribution in [1.82, 2.24) is 0 Å². The maximum atomic E-state index is 12.5. The van der Waals surface area contributed by atoms with Crippen LogP contribution in [0.1, 0.15) is 12.5 Å². The van der Waals surface area contributed by atoms with Gasteiger partial charge in [0.25, 0.3) is 5.69 Å². The number of fused-ring (bicyclic) bond motifs is 1. The number of carbonyl (C=O) groups excluding carboxylic acids is 1. The first-order chi connectivity index (χ1) is 11.1. The molecule has 1 N–H and O–H groups in total. The summed E-state index contributed by atoms with van der Waals surface area (Å²) in [5, 5.41) is 13.7. The van der Waals surface area contributed by atoms with Crippen LogP contribution in [0.2, 0.25) is 0 Å². The smallest absolute Gasteiger partial charge is 0.269 e. The molecule has 2 aromatic carbocycles. The molecule has 1 atom stereocenters. The maximum absolute atomic E-state index is 12.5. The third-order valence-corrected chi connectivity index (χ3v) is 4.00. The summed E-state index contributed by atoms with van der Waals surface area (Å²) in [6.07, 6.45) is 0.861. The number of carbonyl (C=O) groups is 1. The van der Waals surface area contributed by atoms with Gasteiger partial charge in [0, 0.05) is 29.5 Å². The second kappa shape index (κ2) is 6.08. The van der Waals surface area contributed by atoms with E-state index in [9.17, 15) is 14.9 Å². The fourth-order valence-corrected chi connectivity index (χ4v) is 2.91. The van der Waals surface area contributed by atoms with Gasteiger partial charge >= 0.3 is 0 Å². The summed E-state index contributed by atoms with van der Waals surface area (Å²) in [6, 6.07) is 14.1. The average molecular weight is 311 g/mol. The molecule has 118 valence electrons. The molecule has 0 saturated heterocycles. The number of amides is 1. The van der Waals surface area contributed by atoms with E-state index >= 15 is 0 Å². The Balaban J connectivity index is 1.67. The van der Waals surface area contributed by atoms with E-state index < -0.39 is 4.92 Å². The Morgan fingerprint density at radius 2 is 1.96 bits per heavy atom. The molecule has 3 rings (SSSR count). The van der Waals surface area contributed by atoms with E-state index in [2.05, 4.69) is 5.32 Å². The number of nitrogens with one attached hydrogen (secondary N) is 1. The second-order valence-corrected chi connectivity index (χ2v) is 5.60. The van der Waals surface area contributed by atoms with Gasteiger partial charge in [-0.15, -0.1) is 0 Å². The van der Waals surface area contributed by atoms with Crippen LogP contribution in [0.15, 0.2) is 48.5 Å². The molecule has 0 unspecified atom stereocenters. The quantitative estimate of drug-likeness (QED) is 0.695. The minimum atomic E-state index is -0.447. The van der Waals surface area contributed by atoms with Crippen molar-refractivity contribution in [2.45, 2.75) is 19.4 Å². The molecule has 0 radical (unpaired) electrons. The predicted octanol–water partition coefficient (Wildman–Crippen LogP) is 2.98. The topological polar surface area (TPSA) is 75.5 Å². The van der Waals surface area contributed by atoms with Gasteiger partial charge in [-0.1, -0.05) is 18.2 Å². The minimum absolute atomic E-state index is 0.0131. The highest BCUT2D eigenvalue weighted by atomic mass is 16.6. The fourth-order valence-electron chi connectivity index (χ4n) is 2.91. The van der Waals surface area contributed by atoms with E-state index in [1.54, 1.807) is 12.1 Å². The van der Waals surface area contributed by atoms with Gasteiger partial charge in [-0.2, -0.15) is 0 Å². The number of para-hydroxylation sites is 1. The predicted molar refractivity (Wildman–Crippen MR) is 88.7 cm³/mol. The molecule has 0 aromatic heterocycles. The van der Waals surface area contributed by atoms with Crippen LogP contribution in [0, 0.1) is 10.1 Å². The lowest BCUT2D eigenvalue weighted by atomic mass is 10.1. The summed E-state index contributed by atoms with van der Waals surface area (Å²) >= 11 is 0. The lowest BCUT2D eigenvalue weighted by molar-refractivity contribution is -0.384. The Hall–Kier alpha value is -2.89. The number of nitrogens with zero attached hydrogens (tertiary/aromatic N) is 2. The zero-order valence-electron chi connectivity index (χ0n) is 12.7. The monoisotopic (exact) mass is 311 g/mol. The molecular weight excluding hydrogens is 294 g/mol. The zero-order valence-corrected chi connectivity index (χ0v) is 12.7. The van der Waals surface area contributed by atoms with Crippen LogP contribution in [-0.2, 0) is 11.2 Å². The van der Waals surface area contributed by atoms with E-state index in [0.717, 1.165) is 12.1 Å². The third-order valence-electron chi connectivity index (χ3n) is 4.00. The van der Waals surface area contributed by atoms with Crippen LogP contribution in [-0.4, -0.2) is 23.4 Å². The molecule has 0 spiro atoms. The van der Waals surface area contributed by atoms with Crippen molar-refractivity contribution in [1.29, 1.82) is 0 Å². The van der Waals surface area contributed by atoms with Crippen LogP contribution in [0.5, 0.6) is 0 Å². The normalized spacial score (nSPS) is 16.0.